The first-order chi connectivity index (χ1) is 11.2. The van der Waals surface area contributed by atoms with Gasteiger partial charge < -0.3 is 14.2 Å². The van der Waals surface area contributed by atoms with Crippen LogP contribution in [0.4, 0.5) is 0 Å². The average molecular weight is 312 g/mol. The molecule has 23 heavy (non-hydrogen) atoms. The Hall–Kier alpha value is -2.66. The maximum Gasteiger partial charge on any atom is 0.339 e. The standard InChI is InChI=1S/C18H16O5/c19-17(21-11-13-7-3-1-4-8-13)15-16(23-15)18(20)22-12-14-9-5-2-6-10-14/h1-10,15-16H,11-12H2/t15-,16-/m1/s1. The second-order valence-electron chi connectivity index (χ2n) is 5.16. The van der Waals surface area contributed by atoms with E-state index in [2.05, 4.69) is 0 Å². The first kappa shape index (κ1) is 15.2. The molecule has 0 radical (unpaired) electrons. The van der Waals surface area contributed by atoms with Gasteiger partial charge in [0.25, 0.3) is 0 Å². The lowest BCUT2D eigenvalue weighted by Gasteiger charge is -2.03. The van der Waals surface area contributed by atoms with Crippen LogP contribution in [-0.4, -0.2) is 24.1 Å². The van der Waals surface area contributed by atoms with E-state index >= 15 is 0 Å². The molecule has 0 spiro atoms. The number of benzene rings is 2. The second-order valence-corrected chi connectivity index (χ2v) is 5.16. The van der Waals surface area contributed by atoms with Crippen molar-refractivity contribution < 1.29 is 23.8 Å². The summed E-state index contributed by atoms with van der Waals surface area (Å²) in [5.74, 6) is -1.09. The van der Waals surface area contributed by atoms with Crippen LogP contribution in [0.1, 0.15) is 11.1 Å². The number of carbonyl (C=O) groups is 2. The molecule has 3 rings (SSSR count). The molecule has 0 aromatic heterocycles. The number of rotatable bonds is 6. The van der Waals surface area contributed by atoms with Gasteiger partial charge >= 0.3 is 11.9 Å². The fourth-order valence-electron chi connectivity index (χ4n) is 2.09. The van der Waals surface area contributed by atoms with Crippen LogP contribution < -0.4 is 0 Å². The van der Waals surface area contributed by atoms with E-state index in [0.717, 1.165) is 11.1 Å². The molecule has 1 fully saturated rings. The SMILES string of the molecule is O=C(OCc1ccccc1)[C@@H]1O[C@H]1C(=O)OCc1ccccc1. The highest BCUT2D eigenvalue weighted by Crippen LogP contribution is 2.25. The van der Waals surface area contributed by atoms with Gasteiger partial charge in [0, 0.05) is 0 Å². The van der Waals surface area contributed by atoms with Crippen LogP contribution in [0.3, 0.4) is 0 Å². The zero-order chi connectivity index (χ0) is 16.1. The first-order valence-electron chi connectivity index (χ1n) is 7.30. The molecule has 2 aromatic carbocycles. The molecule has 5 nitrogen and oxygen atoms in total. The Morgan fingerprint density at radius 1 is 0.739 bits per heavy atom. The van der Waals surface area contributed by atoms with E-state index in [-0.39, 0.29) is 13.2 Å². The molecule has 1 saturated heterocycles. The maximum atomic E-state index is 11.8. The molecule has 1 heterocycles. The summed E-state index contributed by atoms with van der Waals surface area (Å²) < 4.78 is 15.3. The van der Waals surface area contributed by atoms with E-state index in [0.29, 0.717) is 0 Å². The van der Waals surface area contributed by atoms with Crippen LogP contribution in [0, 0.1) is 0 Å². The zero-order valence-electron chi connectivity index (χ0n) is 12.4. The first-order valence-corrected chi connectivity index (χ1v) is 7.30. The highest BCUT2D eigenvalue weighted by molar-refractivity contribution is 5.89. The predicted molar refractivity (Wildman–Crippen MR) is 81.1 cm³/mol. The maximum absolute atomic E-state index is 11.8. The zero-order valence-corrected chi connectivity index (χ0v) is 12.4. The number of esters is 2. The third-order valence-corrected chi connectivity index (χ3v) is 3.40. The van der Waals surface area contributed by atoms with Gasteiger partial charge in [0.2, 0.25) is 0 Å². The van der Waals surface area contributed by atoms with Crippen molar-refractivity contribution in [3.8, 4) is 0 Å². The number of carbonyl (C=O) groups excluding carboxylic acids is 2. The lowest BCUT2D eigenvalue weighted by molar-refractivity contribution is -0.148. The minimum absolute atomic E-state index is 0.158. The van der Waals surface area contributed by atoms with Gasteiger partial charge in [-0.05, 0) is 11.1 Å². The van der Waals surface area contributed by atoms with Gasteiger partial charge in [-0.1, -0.05) is 60.7 Å². The van der Waals surface area contributed by atoms with Crippen molar-refractivity contribution in [2.45, 2.75) is 25.4 Å². The molecule has 2 aromatic rings. The number of epoxide rings is 1. The molecule has 0 N–H and O–H groups in total. The van der Waals surface area contributed by atoms with E-state index in [1.165, 1.54) is 0 Å². The second kappa shape index (κ2) is 7.07. The Bertz CT molecular complexity index is 609. The van der Waals surface area contributed by atoms with Crippen molar-refractivity contribution in [2.24, 2.45) is 0 Å². The summed E-state index contributed by atoms with van der Waals surface area (Å²) in [6.07, 6.45) is -1.72. The third kappa shape index (κ3) is 4.17. The van der Waals surface area contributed by atoms with Crippen molar-refractivity contribution in [1.29, 1.82) is 0 Å². The fraction of sp³-hybridized carbons (Fsp3) is 0.222. The largest absolute Gasteiger partial charge is 0.459 e. The summed E-state index contributed by atoms with van der Waals surface area (Å²) in [7, 11) is 0. The molecule has 2 atom stereocenters. The Morgan fingerprint density at radius 2 is 1.13 bits per heavy atom. The summed E-state index contributed by atoms with van der Waals surface area (Å²) in [5.41, 5.74) is 1.76. The van der Waals surface area contributed by atoms with Crippen molar-refractivity contribution in [1.82, 2.24) is 0 Å². The Labute approximate surface area is 133 Å². The van der Waals surface area contributed by atoms with Gasteiger partial charge in [0.15, 0.2) is 12.2 Å². The summed E-state index contributed by atoms with van der Waals surface area (Å²) in [4.78, 5) is 23.6. The molecule has 1 aliphatic rings. The van der Waals surface area contributed by atoms with Crippen LogP contribution in [0.15, 0.2) is 60.7 Å². The van der Waals surface area contributed by atoms with Gasteiger partial charge in [-0.15, -0.1) is 0 Å². The Morgan fingerprint density at radius 3 is 1.52 bits per heavy atom. The van der Waals surface area contributed by atoms with Gasteiger partial charge in [-0.3, -0.25) is 0 Å². The Kier molecular flexibility index (Phi) is 4.68. The molecule has 0 unspecified atom stereocenters. The van der Waals surface area contributed by atoms with E-state index < -0.39 is 24.1 Å². The van der Waals surface area contributed by atoms with E-state index in [1.807, 2.05) is 60.7 Å². The molecular formula is C18H16O5. The average Bonchev–Trinajstić information content (AvgIpc) is 3.40. The van der Waals surface area contributed by atoms with Gasteiger partial charge in [0.1, 0.15) is 13.2 Å². The lowest BCUT2D eigenvalue weighted by atomic mass is 10.2. The Balaban J connectivity index is 1.41. The van der Waals surface area contributed by atoms with Crippen LogP contribution in [0.5, 0.6) is 0 Å². The molecule has 0 amide bonds. The summed E-state index contributed by atoms with van der Waals surface area (Å²) in [6, 6.07) is 18.6. The van der Waals surface area contributed by atoms with Crippen molar-refractivity contribution in [3.05, 3.63) is 71.8 Å². The smallest absolute Gasteiger partial charge is 0.339 e. The molecule has 1 aliphatic heterocycles. The molecule has 5 heteroatoms. The number of hydrogen-bond donors (Lipinski definition) is 0. The highest BCUT2D eigenvalue weighted by Gasteiger charge is 2.52. The van der Waals surface area contributed by atoms with Crippen LogP contribution >= 0.6 is 0 Å². The minimum atomic E-state index is -0.859. The normalized spacial score (nSPS) is 19.0. The van der Waals surface area contributed by atoms with Crippen molar-refractivity contribution in [2.75, 3.05) is 0 Å². The monoisotopic (exact) mass is 312 g/mol. The number of ether oxygens (including phenoxy) is 3. The quantitative estimate of drug-likeness (QED) is 0.604. The molecule has 0 bridgehead atoms. The van der Waals surface area contributed by atoms with Crippen LogP contribution in [0.2, 0.25) is 0 Å². The van der Waals surface area contributed by atoms with Crippen LogP contribution in [0.25, 0.3) is 0 Å². The van der Waals surface area contributed by atoms with Crippen molar-refractivity contribution in [3.63, 3.8) is 0 Å². The van der Waals surface area contributed by atoms with Crippen molar-refractivity contribution >= 4 is 11.9 Å². The predicted octanol–water partition coefficient (Wildman–Crippen LogP) is 2.24. The fourth-order valence-corrected chi connectivity index (χ4v) is 2.09. The molecular weight excluding hydrogens is 296 g/mol. The molecule has 0 saturated carbocycles. The van der Waals surface area contributed by atoms with Gasteiger partial charge in [-0.2, -0.15) is 0 Å². The molecule has 0 aliphatic carbocycles. The minimum Gasteiger partial charge on any atom is -0.459 e. The number of hydrogen-bond acceptors (Lipinski definition) is 5. The topological polar surface area (TPSA) is 65.1 Å². The molecule has 118 valence electrons. The van der Waals surface area contributed by atoms with E-state index in [9.17, 15) is 9.59 Å². The highest BCUT2D eigenvalue weighted by atomic mass is 16.7. The summed E-state index contributed by atoms with van der Waals surface area (Å²) in [5, 5.41) is 0. The lowest BCUT2D eigenvalue weighted by Crippen LogP contribution is -2.20. The van der Waals surface area contributed by atoms with Gasteiger partial charge in [-0.25, -0.2) is 9.59 Å². The van der Waals surface area contributed by atoms with Crippen LogP contribution in [-0.2, 0) is 37.0 Å². The van der Waals surface area contributed by atoms with E-state index in [4.69, 9.17) is 14.2 Å². The van der Waals surface area contributed by atoms with Gasteiger partial charge in [0.05, 0.1) is 0 Å². The summed E-state index contributed by atoms with van der Waals surface area (Å²) in [6.45, 7) is 0.316. The summed E-state index contributed by atoms with van der Waals surface area (Å²) >= 11 is 0. The third-order valence-electron chi connectivity index (χ3n) is 3.40. The van der Waals surface area contributed by atoms with E-state index in [1.54, 1.807) is 0 Å².